The first kappa shape index (κ1) is 26.8. The molecule has 3 aromatic rings. The van der Waals surface area contributed by atoms with Crippen molar-refractivity contribution >= 4 is 38.6 Å². The topological polar surface area (TPSA) is 106 Å². The Hall–Kier alpha value is -3.24. The number of carboxylic acids is 1. The van der Waals surface area contributed by atoms with E-state index >= 15 is 0 Å². The molecule has 0 bridgehead atoms. The Balaban J connectivity index is 1.62. The van der Waals surface area contributed by atoms with Gasteiger partial charge in [0.2, 0.25) is 0 Å². The van der Waals surface area contributed by atoms with Crippen molar-refractivity contribution < 1.29 is 27.4 Å². The Morgan fingerprint density at radius 2 is 2.03 bits per heavy atom. The average molecular weight is 545 g/mol. The number of nitrogens with zero attached hydrogens (tertiary/aromatic N) is 1. The normalized spacial score (nSPS) is 15.2. The standard InChI is InChI=1S/C27H29FN2O5S2/c1-5-16-12-18(17-8-10-27(2,3)11-9-17)6-7-19(16)25-29-24(15-36-25)37(33,34)30-22-14-21(28)20(26(31)32)13-23(22)35-4/h6-8,12-15,30H,5,9-11H2,1-4H3,(H,31,32). The number of nitrogens with one attached hydrogen (secondary N) is 1. The third-order valence-electron chi connectivity index (χ3n) is 6.58. The summed E-state index contributed by atoms with van der Waals surface area (Å²) in [5.74, 6) is -2.70. The Bertz CT molecular complexity index is 1490. The SMILES string of the molecule is CCc1cc(C2=CCC(C)(C)CC2)ccc1-c1nc(S(=O)(=O)Nc2cc(F)c(C(=O)O)cc2OC)cs1. The fourth-order valence-corrected chi connectivity index (χ4v) is 6.52. The predicted molar refractivity (Wildman–Crippen MR) is 143 cm³/mol. The van der Waals surface area contributed by atoms with Gasteiger partial charge >= 0.3 is 5.97 Å². The average Bonchev–Trinajstić information content (AvgIpc) is 3.34. The summed E-state index contributed by atoms with van der Waals surface area (Å²) < 4.78 is 47.6. The van der Waals surface area contributed by atoms with Gasteiger partial charge in [-0.05, 0) is 53.9 Å². The van der Waals surface area contributed by atoms with Crippen LogP contribution in [0, 0.1) is 11.2 Å². The quantitative estimate of drug-likeness (QED) is 0.330. The molecule has 10 heteroatoms. The molecular formula is C27H29FN2O5S2. The van der Waals surface area contributed by atoms with Crippen LogP contribution in [-0.4, -0.2) is 31.6 Å². The minimum absolute atomic E-state index is 0.123. The lowest BCUT2D eigenvalue weighted by Crippen LogP contribution is -2.15. The van der Waals surface area contributed by atoms with Gasteiger partial charge in [-0.15, -0.1) is 11.3 Å². The summed E-state index contributed by atoms with van der Waals surface area (Å²) in [4.78, 5) is 15.6. The molecule has 0 fully saturated rings. The van der Waals surface area contributed by atoms with E-state index in [2.05, 4.69) is 48.7 Å². The van der Waals surface area contributed by atoms with E-state index in [4.69, 9.17) is 9.84 Å². The van der Waals surface area contributed by atoms with Crippen molar-refractivity contribution in [3.63, 3.8) is 0 Å². The van der Waals surface area contributed by atoms with E-state index in [1.165, 1.54) is 35.0 Å². The van der Waals surface area contributed by atoms with Crippen molar-refractivity contribution in [3.8, 4) is 16.3 Å². The molecule has 0 saturated carbocycles. The molecule has 0 amide bonds. The van der Waals surface area contributed by atoms with Crippen LogP contribution in [0.15, 0.2) is 46.8 Å². The number of thiazole rings is 1. The Morgan fingerprint density at radius 1 is 1.27 bits per heavy atom. The Labute approximate surface area is 220 Å². The highest BCUT2D eigenvalue weighted by Gasteiger charge is 2.25. The number of benzene rings is 2. The van der Waals surface area contributed by atoms with Gasteiger partial charge in [0.15, 0.2) is 5.03 Å². The number of hydrogen-bond acceptors (Lipinski definition) is 6. The van der Waals surface area contributed by atoms with Crippen LogP contribution in [0.25, 0.3) is 16.1 Å². The van der Waals surface area contributed by atoms with E-state index < -0.39 is 27.4 Å². The van der Waals surface area contributed by atoms with Crippen LogP contribution in [0.4, 0.5) is 10.1 Å². The van der Waals surface area contributed by atoms with E-state index in [-0.39, 0.29) is 16.5 Å². The summed E-state index contributed by atoms with van der Waals surface area (Å²) in [6.07, 6.45) is 6.28. The zero-order valence-electron chi connectivity index (χ0n) is 21.1. The zero-order chi connectivity index (χ0) is 27.0. The largest absolute Gasteiger partial charge is 0.495 e. The van der Waals surface area contributed by atoms with Crippen LogP contribution in [0.2, 0.25) is 0 Å². The fraction of sp³-hybridized carbons (Fsp3) is 0.333. The summed E-state index contributed by atoms with van der Waals surface area (Å²) in [7, 11) is -2.96. The number of hydrogen-bond donors (Lipinski definition) is 2. The van der Waals surface area contributed by atoms with Crippen molar-refractivity contribution in [1.29, 1.82) is 0 Å². The maximum atomic E-state index is 14.2. The molecular weight excluding hydrogens is 515 g/mol. The van der Waals surface area contributed by atoms with Gasteiger partial charge in [-0.3, -0.25) is 4.72 Å². The number of aryl methyl sites for hydroxylation is 1. The minimum atomic E-state index is -4.19. The summed E-state index contributed by atoms with van der Waals surface area (Å²) in [5.41, 5.74) is 3.93. The predicted octanol–water partition coefficient (Wildman–Crippen LogP) is 6.61. The molecule has 0 spiro atoms. The molecule has 1 aliphatic rings. The number of carbonyl (C=O) groups is 1. The summed E-state index contributed by atoms with van der Waals surface area (Å²) in [5, 5.41) is 10.9. The molecule has 4 rings (SSSR count). The van der Waals surface area contributed by atoms with Gasteiger partial charge in [-0.2, -0.15) is 8.42 Å². The molecule has 2 N–H and O–H groups in total. The van der Waals surface area contributed by atoms with Crippen LogP contribution in [0.3, 0.4) is 0 Å². The molecule has 0 unspecified atom stereocenters. The van der Waals surface area contributed by atoms with Gasteiger partial charge in [0.05, 0.1) is 18.4 Å². The van der Waals surface area contributed by atoms with E-state index in [1.807, 2.05) is 6.07 Å². The van der Waals surface area contributed by atoms with E-state index in [0.717, 1.165) is 48.9 Å². The smallest absolute Gasteiger partial charge is 0.338 e. The van der Waals surface area contributed by atoms with Gasteiger partial charge in [0.25, 0.3) is 10.0 Å². The van der Waals surface area contributed by atoms with Crippen molar-refractivity contribution in [1.82, 2.24) is 4.98 Å². The van der Waals surface area contributed by atoms with Gasteiger partial charge in [-0.25, -0.2) is 14.2 Å². The summed E-state index contributed by atoms with van der Waals surface area (Å²) >= 11 is 1.20. The summed E-state index contributed by atoms with van der Waals surface area (Å²) in [6, 6.07) is 7.91. The van der Waals surface area contributed by atoms with E-state index in [9.17, 15) is 17.6 Å². The van der Waals surface area contributed by atoms with Gasteiger partial charge in [0.1, 0.15) is 16.6 Å². The lowest BCUT2D eigenvalue weighted by molar-refractivity contribution is 0.0691. The number of methoxy groups -OCH3 is 1. The van der Waals surface area contributed by atoms with Crippen LogP contribution in [0.5, 0.6) is 5.75 Å². The summed E-state index contributed by atoms with van der Waals surface area (Å²) in [6.45, 7) is 6.61. The number of aromatic nitrogens is 1. The number of carboxylic acid groups (broad SMARTS) is 1. The number of anilines is 1. The van der Waals surface area contributed by atoms with Crippen molar-refractivity contribution in [3.05, 3.63) is 64.3 Å². The van der Waals surface area contributed by atoms with E-state index in [0.29, 0.717) is 10.4 Å². The van der Waals surface area contributed by atoms with Crippen LogP contribution < -0.4 is 9.46 Å². The van der Waals surface area contributed by atoms with Gasteiger partial charge in [-0.1, -0.05) is 45.0 Å². The molecule has 1 aromatic heterocycles. The molecule has 196 valence electrons. The molecule has 1 aliphatic carbocycles. The molecule has 2 aromatic carbocycles. The number of ether oxygens (including phenoxy) is 1. The molecule has 0 aliphatic heterocycles. The highest BCUT2D eigenvalue weighted by atomic mass is 32.2. The molecule has 7 nitrogen and oxygen atoms in total. The van der Waals surface area contributed by atoms with Crippen LogP contribution >= 0.6 is 11.3 Å². The highest BCUT2D eigenvalue weighted by molar-refractivity contribution is 7.92. The first-order chi connectivity index (χ1) is 17.4. The third kappa shape index (κ3) is 5.70. The van der Waals surface area contributed by atoms with Gasteiger partial charge in [0, 0.05) is 17.0 Å². The number of halogens is 1. The van der Waals surface area contributed by atoms with E-state index in [1.54, 1.807) is 0 Å². The lowest BCUT2D eigenvalue weighted by Gasteiger charge is -2.29. The first-order valence-electron chi connectivity index (χ1n) is 11.9. The van der Waals surface area contributed by atoms with Crippen molar-refractivity contribution in [2.75, 3.05) is 11.8 Å². The number of rotatable bonds is 8. The molecule has 37 heavy (non-hydrogen) atoms. The first-order valence-corrected chi connectivity index (χ1v) is 14.2. The monoisotopic (exact) mass is 544 g/mol. The number of sulfonamides is 1. The Kier molecular flexibility index (Phi) is 7.43. The second kappa shape index (κ2) is 10.3. The van der Waals surface area contributed by atoms with Crippen LogP contribution in [-0.2, 0) is 16.4 Å². The highest BCUT2D eigenvalue weighted by Crippen LogP contribution is 2.39. The van der Waals surface area contributed by atoms with Crippen molar-refractivity contribution in [2.45, 2.75) is 51.5 Å². The number of allylic oxidation sites excluding steroid dienone is 2. The minimum Gasteiger partial charge on any atom is -0.495 e. The maximum absolute atomic E-state index is 14.2. The second-order valence-electron chi connectivity index (χ2n) is 9.76. The lowest BCUT2D eigenvalue weighted by atomic mass is 9.77. The number of aromatic carboxylic acids is 1. The third-order valence-corrected chi connectivity index (χ3v) is 8.86. The van der Waals surface area contributed by atoms with Crippen LogP contribution in [0.1, 0.15) is 61.5 Å². The maximum Gasteiger partial charge on any atom is 0.338 e. The fourth-order valence-electron chi connectivity index (χ4n) is 4.30. The molecule has 0 atom stereocenters. The zero-order valence-corrected chi connectivity index (χ0v) is 22.7. The molecule has 1 heterocycles. The van der Waals surface area contributed by atoms with Crippen molar-refractivity contribution in [2.24, 2.45) is 5.41 Å². The van der Waals surface area contributed by atoms with Gasteiger partial charge < -0.3 is 9.84 Å². The molecule has 0 saturated heterocycles. The Morgan fingerprint density at radius 3 is 2.65 bits per heavy atom. The second-order valence-corrected chi connectivity index (χ2v) is 12.2. The molecule has 0 radical (unpaired) electrons.